The van der Waals surface area contributed by atoms with Gasteiger partial charge in [-0.1, -0.05) is 0 Å². The third kappa shape index (κ3) is 2.17. The molecule has 0 spiro atoms. The number of rotatable bonds is 2. The van der Waals surface area contributed by atoms with Gasteiger partial charge in [-0.15, -0.1) is 0 Å². The standard InChI is InChI=1S/C11H15.3CH3.Ti/c1-2-9-7-8-10-5-3-4-6-11(9)10;;;;/h8-9H,2-6H2,1H3;3*1H3;. The first-order valence-corrected chi connectivity index (χ1v) is 11.9. The van der Waals surface area contributed by atoms with E-state index in [-0.39, 0.29) is 0 Å². The molecule has 0 saturated carbocycles. The van der Waals surface area contributed by atoms with E-state index in [9.17, 15) is 0 Å². The van der Waals surface area contributed by atoms with Crippen LogP contribution in [0.3, 0.4) is 0 Å². The predicted octanol–water partition coefficient (Wildman–Crippen LogP) is 5.08. The van der Waals surface area contributed by atoms with Crippen LogP contribution in [-0.2, 0) is 16.6 Å². The van der Waals surface area contributed by atoms with Gasteiger partial charge >= 0.3 is 98.3 Å². The van der Waals surface area contributed by atoms with Gasteiger partial charge < -0.3 is 0 Å². The van der Waals surface area contributed by atoms with E-state index in [1.54, 1.807) is 5.57 Å². The Balaban J connectivity index is 2.31. The Kier molecular flexibility index (Phi) is 3.29. The van der Waals surface area contributed by atoms with Crippen LogP contribution in [0.5, 0.6) is 0 Å². The number of allylic oxidation sites excluding steroid dienone is 4. The molecule has 1 atom stereocenters. The van der Waals surface area contributed by atoms with Crippen molar-refractivity contribution in [1.29, 1.82) is 0 Å². The summed E-state index contributed by atoms with van der Waals surface area (Å²) in [5.74, 6) is 0.861. The van der Waals surface area contributed by atoms with E-state index in [1.165, 1.54) is 32.1 Å². The van der Waals surface area contributed by atoms with Gasteiger partial charge in [0.1, 0.15) is 0 Å². The van der Waals surface area contributed by atoms with E-state index in [4.69, 9.17) is 0 Å². The first-order chi connectivity index (χ1) is 7.04. The average Bonchev–Trinajstić information content (AvgIpc) is 2.55. The molecule has 0 saturated heterocycles. The molecule has 2 aliphatic carbocycles. The molecule has 0 fully saturated rings. The molecular weight excluding hydrogens is 216 g/mol. The molecule has 0 aromatic carbocycles. The van der Waals surface area contributed by atoms with Crippen LogP contribution in [0, 0.1) is 5.92 Å². The van der Waals surface area contributed by atoms with Crippen LogP contribution in [0.1, 0.15) is 39.0 Å². The Hall–Kier alpha value is 0.194. The Labute approximate surface area is 98.2 Å². The maximum absolute atomic E-state index is 2.61. The average molecular weight is 240 g/mol. The fourth-order valence-electron chi connectivity index (χ4n) is 3.20. The SMILES string of the molecule is CCC1[C]([Ti]([CH3])([CH3])[CH3])=CC2=C1CCCC2. The quantitative estimate of drug-likeness (QED) is 0.590. The molecule has 0 radical (unpaired) electrons. The van der Waals surface area contributed by atoms with Crippen LogP contribution in [-0.4, -0.2) is 0 Å². The van der Waals surface area contributed by atoms with Crippen molar-refractivity contribution in [2.45, 2.75) is 54.7 Å². The summed E-state index contributed by atoms with van der Waals surface area (Å²) in [5, 5.41) is 7.65. The van der Waals surface area contributed by atoms with Gasteiger partial charge in [0.25, 0.3) is 0 Å². The van der Waals surface area contributed by atoms with Crippen LogP contribution < -0.4 is 0 Å². The van der Waals surface area contributed by atoms with Gasteiger partial charge in [0.2, 0.25) is 0 Å². The number of hydrogen-bond acceptors (Lipinski definition) is 0. The Morgan fingerprint density at radius 1 is 1.20 bits per heavy atom. The van der Waals surface area contributed by atoms with Gasteiger partial charge in [-0.05, 0) is 0 Å². The fourth-order valence-corrected chi connectivity index (χ4v) is 6.37. The summed E-state index contributed by atoms with van der Waals surface area (Å²) in [6.45, 7) is 2.37. The van der Waals surface area contributed by atoms with E-state index >= 15 is 0 Å². The van der Waals surface area contributed by atoms with Crippen molar-refractivity contribution in [3.05, 3.63) is 21.1 Å². The summed E-state index contributed by atoms with van der Waals surface area (Å²) in [7, 11) is 0. The van der Waals surface area contributed by atoms with Crippen LogP contribution >= 0.6 is 0 Å². The molecule has 0 heterocycles. The third-order valence-electron chi connectivity index (χ3n) is 3.95. The second-order valence-corrected chi connectivity index (χ2v) is 14.0. The van der Waals surface area contributed by atoms with Crippen molar-refractivity contribution in [1.82, 2.24) is 0 Å². The monoisotopic (exact) mass is 240 g/mol. The molecular formula is C14H24Ti. The Bertz CT molecular complexity index is 315. The molecule has 0 N–H and O–H groups in total. The van der Waals surface area contributed by atoms with Gasteiger partial charge in [0.05, 0.1) is 0 Å². The van der Waals surface area contributed by atoms with Gasteiger partial charge in [-0.25, -0.2) is 0 Å². The third-order valence-corrected chi connectivity index (χ3v) is 7.43. The minimum atomic E-state index is -1.58. The topological polar surface area (TPSA) is 0 Å². The summed E-state index contributed by atoms with van der Waals surface area (Å²) in [5.41, 5.74) is 3.57. The number of hydrogen-bond donors (Lipinski definition) is 0. The molecule has 2 rings (SSSR count). The van der Waals surface area contributed by atoms with Gasteiger partial charge in [-0.3, -0.25) is 0 Å². The Morgan fingerprint density at radius 2 is 1.87 bits per heavy atom. The van der Waals surface area contributed by atoms with Crippen molar-refractivity contribution in [3.8, 4) is 0 Å². The van der Waals surface area contributed by atoms with Gasteiger partial charge in [-0.2, -0.15) is 0 Å². The molecule has 0 aromatic rings. The minimum absolute atomic E-state index is 0.861. The van der Waals surface area contributed by atoms with E-state index in [1.807, 2.05) is 9.45 Å². The molecule has 0 aliphatic heterocycles. The zero-order chi connectivity index (χ0) is 11.1. The molecule has 0 bridgehead atoms. The molecule has 1 heteroatoms. The second kappa shape index (κ2) is 4.22. The second-order valence-electron chi connectivity index (χ2n) is 6.07. The molecule has 0 aromatic heterocycles. The molecule has 2 aliphatic rings. The van der Waals surface area contributed by atoms with Crippen molar-refractivity contribution in [3.63, 3.8) is 0 Å². The fraction of sp³-hybridized carbons (Fsp3) is 0.714. The van der Waals surface area contributed by atoms with E-state index < -0.39 is 16.6 Å². The Morgan fingerprint density at radius 3 is 2.47 bits per heavy atom. The van der Waals surface area contributed by atoms with E-state index in [0.29, 0.717) is 0 Å². The summed E-state index contributed by atoms with van der Waals surface area (Å²) in [6, 6.07) is 0. The zero-order valence-corrected chi connectivity index (χ0v) is 12.3. The first-order valence-electron chi connectivity index (χ1n) is 6.48. The summed E-state index contributed by atoms with van der Waals surface area (Å²) in [6.07, 6.45) is 9.58. The van der Waals surface area contributed by atoms with Crippen LogP contribution in [0.15, 0.2) is 21.1 Å². The van der Waals surface area contributed by atoms with Crippen molar-refractivity contribution < 1.29 is 16.6 Å². The molecule has 0 nitrogen and oxygen atoms in total. The molecule has 0 amide bonds. The maximum atomic E-state index is 2.61. The summed E-state index contributed by atoms with van der Waals surface area (Å²) in [4.78, 5) is 0. The van der Waals surface area contributed by atoms with Crippen LogP contribution in [0.25, 0.3) is 0 Å². The van der Waals surface area contributed by atoms with Crippen LogP contribution in [0.2, 0.25) is 15.7 Å². The summed E-state index contributed by atoms with van der Waals surface area (Å²) < 4.78 is 1.88. The first kappa shape index (κ1) is 11.7. The van der Waals surface area contributed by atoms with Crippen molar-refractivity contribution >= 4 is 0 Å². The predicted molar refractivity (Wildman–Crippen MR) is 65.0 cm³/mol. The normalized spacial score (nSPS) is 26.7. The van der Waals surface area contributed by atoms with Gasteiger partial charge in [0.15, 0.2) is 0 Å². The van der Waals surface area contributed by atoms with E-state index in [0.717, 1.165) is 5.92 Å². The molecule has 1 unspecified atom stereocenters. The van der Waals surface area contributed by atoms with Crippen LogP contribution in [0.4, 0.5) is 0 Å². The molecule has 15 heavy (non-hydrogen) atoms. The van der Waals surface area contributed by atoms with Gasteiger partial charge in [0, 0.05) is 0 Å². The summed E-state index contributed by atoms with van der Waals surface area (Å²) >= 11 is -1.58. The molecule has 84 valence electrons. The van der Waals surface area contributed by atoms with Crippen molar-refractivity contribution in [2.24, 2.45) is 5.92 Å². The van der Waals surface area contributed by atoms with E-state index in [2.05, 4.69) is 28.7 Å². The zero-order valence-electron chi connectivity index (χ0n) is 10.7. The van der Waals surface area contributed by atoms with Crippen molar-refractivity contribution in [2.75, 3.05) is 0 Å².